The zero-order valence-electron chi connectivity index (χ0n) is 24.0. The van der Waals surface area contributed by atoms with Crippen molar-refractivity contribution in [3.8, 4) is 0 Å². The van der Waals surface area contributed by atoms with Gasteiger partial charge in [-0.25, -0.2) is 4.99 Å². The van der Waals surface area contributed by atoms with E-state index in [2.05, 4.69) is 76.2 Å². The maximum atomic E-state index is 13.5. The van der Waals surface area contributed by atoms with Gasteiger partial charge in [0.25, 0.3) is 5.91 Å². The molecule has 2 heterocycles. The van der Waals surface area contributed by atoms with Crippen LogP contribution in [0.3, 0.4) is 0 Å². The molecular formula is C32H45N5O. The molecular weight excluding hydrogens is 470 g/mol. The van der Waals surface area contributed by atoms with E-state index >= 15 is 0 Å². The molecule has 1 amide bonds. The lowest BCUT2D eigenvalue weighted by Gasteiger charge is -2.38. The predicted molar refractivity (Wildman–Crippen MR) is 160 cm³/mol. The maximum absolute atomic E-state index is 13.5. The molecule has 2 saturated heterocycles. The zero-order valence-corrected chi connectivity index (χ0v) is 24.0. The zero-order chi connectivity index (χ0) is 27.7. The van der Waals surface area contributed by atoms with Gasteiger partial charge in [-0.05, 0) is 75.1 Å². The lowest BCUT2D eigenvalue weighted by Crippen LogP contribution is -2.48. The Labute approximate surface area is 230 Å². The smallest absolute Gasteiger partial charge is 0.254 e. The van der Waals surface area contributed by atoms with Crippen LogP contribution in [0, 0.1) is 6.92 Å². The molecule has 38 heavy (non-hydrogen) atoms. The van der Waals surface area contributed by atoms with Gasteiger partial charge in [0.15, 0.2) is 0 Å². The van der Waals surface area contributed by atoms with Gasteiger partial charge in [0, 0.05) is 76.4 Å². The van der Waals surface area contributed by atoms with Gasteiger partial charge in [-0.3, -0.25) is 9.69 Å². The highest BCUT2D eigenvalue weighted by Crippen LogP contribution is 2.21. The van der Waals surface area contributed by atoms with Crippen LogP contribution in [0.5, 0.6) is 0 Å². The summed E-state index contributed by atoms with van der Waals surface area (Å²) < 4.78 is 0. The third kappa shape index (κ3) is 7.81. The number of nitrogens with zero attached hydrogens (tertiary/aromatic N) is 5. The lowest BCUT2D eigenvalue weighted by molar-refractivity contribution is 0.0667. The Balaban J connectivity index is 1.60. The molecule has 0 bridgehead atoms. The van der Waals surface area contributed by atoms with Gasteiger partial charge < -0.3 is 14.7 Å². The molecule has 0 atom stereocenters. The number of carbonyl (C=O) groups excluding carboxylic acids is 1. The summed E-state index contributed by atoms with van der Waals surface area (Å²) in [5.41, 5.74) is 6.29. The molecule has 2 aliphatic rings. The summed E-state index contributed by atoms with van der Waals surface area (Å²) in [4.78, 5) is 27.2. The normalized spacial score (nSPS) is 18.1. The summed E-state index contributed by atoms with van der Waals surface area (Å²) in [5.74, 6) is 1.06. The highest BCUT2D eigenvalue weighted by atomic mass is 16.2. The summed E-state index contributed by atoms with van der Waals surface area (Å²) in [6, 6.07) is 6.37. The highest BCUT2D eigenvalue weighted by molar-refractivity contribution is 5.96. The van der Waals surface area contributed by atoms with Crippen molar-refractivity contribution in [2.24, 2.45) is 4.99 Å². The van der Waals surface area contributed by atoms with E-state index in [9.17, 15) is 4.79 Å². The molecule has 2 aliphatic heterocycles. The van der Waals surface area contributed by atoms with Crippen LogP contribution in [0.1, 0.15) is 49.2 Å². The van der Waals surface area contributed by atoms with Crippen LogP contribution in [0.15, 0.2) is 83.3 Å². The first-order chi connectivity index (χ1) is 18.2. The Morgan fingerprint density at radius 2 is 1.58 bits per heavy atom. The first kappa shape index (κ1) is 29.2. The number of amides is 1. The number of allylic oxidation sites excluding steroid dienone is 6. The Hall–Kier alpha value is -3.38. The summed E-state index contributed by atoms with van der Waals surface area (Å²) in [6.07, 6.45) is 10.1. The van der Waals surface area contributed by atoms with E-state index in [-0.39, 0.29) is 5.91 Å². The number of benzene rings is 1. The van der Waals surface area contributed by atoms with Crippen LogP contribution in [0.2, 0.25) is 0 Å². The van der Waals surface area contributed by atoms with E-state index in [4.69, 9.17) is 0 Å². The van der Waals surface area contributed by atoms with Crippen molar-refractivity contribution in [3.63, 3.8) is 0 Å². The largest absolute Gasteiger partial charge is 0.369 e. The Kier molecular flexibility index (Phi) is 10.7. The van der Waals surface area contributed by atoms with E-state index in [1.54, 1.807) is 6.21 Å². The molecule has 204 valence electrons. The van der Waals surface area contributed by atoms with Gasteiger partial charge in [0.1, 0.15) is 5.82 Å². The average molecular weight is 516 g/mol. The van der Waals surface area contributed by atoms with Gasteiger partial charge in [0.05, 0.1) is 0 Å². The van der Waals surface area contributed by atoms with Crippen molar-refractivity contribution in [3.05, 3.63) is 95.0 Å². The summed E-state index contributed by atoms with van der Waals surface area (Å²) in [6.45, 7) is 25.8. The number of carbonyl (C=O) groups is 1. The average Bonchev–Trinajstić information content (AvgIpc) is 2.91. The summed E-state index contributed by atoms with van der Waals surface area (Å²) >= 11 is 0. The monoisotopic (exact) mass is 515 g/mol. The molecule has 0 N–H and O–H groups in total. The van der Waals surface area contributed by atoms with E-state index in [1.807, 2.05) is 38.7 Å². The summed E-state index contributed by atoms with van der Waals surface area (Å²) in [7, 11) is 0. The fraction of sp³-hybridized carbons (Fsp3) is 0.438. The Morgan fingerprint density at radius 3 is 2.16 bits per heavy atom. The van der Waals surface area contributed by atoms with Crippen molar-refractivity contribution in [1.82, 2.24) is 19.6 Å². The van der Waals surface area contributed by atoms with Crippen molar-refractivity contribution < 1.29 is 4.79 Å². The molecule has 1 aromatic carbocycles. The van der Waals surface area contributed by atoms with Crippen LogP contribution in [0.25, 0.3) is 0 Å². The molecule has 0 saturated carbocycles. The SMILES string of the molecule is C=C(C)C=N/C(=C\C)N1CCN(C(=O)c2cc(CN3CCN(/C(=C/C=C\C)C(=C)C)CC3)ccc2C)CC1. The van der Waals surface area contributed by atoms with E-state index < -0.39 is 0 Å². The molecule has 0 aromatic heterocycles. The second-order valence-electron chi connectivity index (χ2n) is 10.3. The summed E-state index contributed by atoms with van der Waals surface area (Å²) in [5, 5.41) is 0. The van der Waals surface area contributed by atoms with Gasteiger partial charge in [-0.1, -0.05) is 37.4 Å². The minimum Gasteiger partial charge on any atom is -0.369 e. The minimum absolute atomic E-state index is 0.126. The fourth-order valence-electron chi connectivity index (χ4n) is 4.93. The van der Waals surface area contributed by atoms with Crippen LogP contribution in [-0.4, -0.2) is 84.1 Å². The molecule has 2 fully saturated rings. The third-order valence-corrected chi connectivity index (χ3v) is 7.10. The quantitative estimate of drug-likeness (QED) is 0.326. The second kappa shape index (κ2) is 14.0. The van der Waals surface area contributed by atoms with Crippen LogP contribution in [0.4, 0.5) is 0 Å². The molecule has 0 unspecified atom stereocenters. The van der Waals surface area contributed by atoms with E-state index in [1.165, 1.54) is 11.3 Å². The number of rotatable bonds is 9. The number of aliphatic imine (C=N–C) groups is 1. The highest BCUT2D eigenvalue weighted by Gasteiger charge is 2.25. The van der Waals surface area contributed by atoms with Crippen molar-refractivity contribution in [1.29, 1.82) is 0 Å². The van der Waals surface area contributed by atoms with Crippen molar-refractivity contribution in [2.45, 2.75) is 41.2 Å². The number of piperazine rings is 2. The molecule has 6 heteroatoms. The Morgan fingerprint density at radius 1 is 0.947 bits per heavy atom. The molecule has 0 spiro atoms. The van der Waals surface area contributed by atoms with Gasteiger partial charge in [0.2, 0.25) is 0 Å². The molecule has 3 rings (SSSR count). The minimum atomic E-state index is 0.126. The van der Waals surface area contributed by atoms with Gasteiger partial charge in [-0.15, -0.1) is 0 Å². The predicted octanol–water partition coefficient (Wildman–Crippen LogP) is 5.41. The van der Waals surface area contributed by atoms with Crippen molar-refractivity contribution in [2.75, 3.05) is 52.4 Å². The van der Waals surface area contributed by atoms with E-state index in [0.717, 1.165) is 73.9 Å². The number of hydrogen-bond acceptors (Lipinski definition) is 5. The number of aryl methyl sites for hydroxylation is 1. The van der Waals surface area contributed by atoms with Gasteiger partial charge >= 0.3 is 0 Å². The first-order valence-electron chi connectivity index (χ1n) is 13.7. The number of hydrogen-bond donors (Lipinski definition) is 0. The Bertz CT molecular complexity index is 1130. The van der Waals surface area contributed by atoms with Gasteiger partial charge in [-0.2, -0.15) is 0 Å². The fourth-order valence-corrected chi connectivity index (χ4v) is 4.93. The molecule has 0 aliphatic carbocycles. The first-order valence-corrected chi connectivity index (χ1v) is 13.7. The van der Waals surface area contributed by atoms with E-state index in [0.29, 0.717) is 13.1 Å². The molecule has 1 aromatic rings. The van der Waals surface area contributed by atoms with Crippen LogP contribution < -0.4 is 0 Å². The van der Waals surface area contributed by atoms with Crippen LogP contribution >= 0.6 is 0 Å². The third-order valence-electron chi connectivity index (χ3n) is 7.10. The second-order valence-corrected chi connectivity index (χ2v) is 10.3. The topological polar surface area (TPSA) is 42.4 Å². The molecule has 0 radical (unpaired) electrons. The lowest BCUT2D eigenvalue weighted by atomic mass is 10.0. The maximum Gasteiger partial charge on any atom is 0.254 e. The van der Waals surface area contributed by atoms with Crippen molar-refractivity contribution >= 4 is 12.1 Å². The van der Waals surface area contributed by atoms with Crippen LogP contribution in [-0.2, 0) is 6.54 Å². The standard InChI is InChI=1S/C32H45N5O/c1-8-10-11-30(26(5)6)35-16-14-34(15-17-35)24-28-13-12-27(7)29(22-28)32(38)37-20-18-36(19-21-37)31(9-2)33-23-25(3)4/h8-13,22-23H,3,5,14-21,24H2,1-2,4,6-7H3/b10-8-,30-11+,31-9+,33-23?. The molecule has 6 nitrogen and oxygen atoms in total.